The minimum Gasteiger partial charge on any atom is -0.461 e. The second-order valence-electron chi connectivity index (χ2n) is 5.25. The van der Waals surface area contributed by atoms with Gasteiger partial charge in [-0.3, -0.25) is 0 Å². The SMILES string of the molecule is CCOC(=O)c1[nH]cc(-c2ccc(F)cc2)c1N1CCOCC1. The van der Waals surface area contributed by atoms with E-state index in [2.05, 4.69) is 9.88 Å². The van der Waals surface area contributed by atoms with Crippen molar-refractivity contribution in [2.75, 3.05) is 37.8 Å². The maximum Gasteiger partial charge on any atom is 0.356 e. The van der Waals surface area contributed by atoms with Crippen LogP contribution in [-0.2, 0) is 9.47 Å². The van der Waals surface area contributed by atoms with E-state index < -0.39 is 0 Å². The molecule has 1 aliphatic heterocycles. The molecule has 0 bridgehead atoms. The minimum atomic E-state index is -0.387. The standard InChI is InChI=1S/C17H19FN2O3/c1-2-23-17(21)15-16(20-7-9-22-10-8-20)14(11-19-15)12-3-5-13(18)6-4-12/h3-6,11,19H,2,7-10H2,1H3. The number of hydrogen-bond donors (Lipinski definition) is 1. The van der Waals surface area contributed by atoms with Crippen molar-refractivity contribution < 1.29 is 18.7 Å². The molecule has 0 saturated carbocycles. The molecule has 122 valence electrons. The molecule has 1 fully saturated rings. The van der Waals surface area contributed by atoms with Crippen LogP contribution in [0.4, 0.5) is 10.1 Å². The lowest BCUT2D eigenvalue weighted by atomic mass is 10.1. The molecule has 1 aromatic carbocycles. The molecule has 0 radical (unpaired) electrons. The zero-order valence-electron chi connectivity index (χ0n) is 13.0. The molecule has 1 aliphatic rings. The van der Waals surface area contributed by atoms with E-state index >= 15 is 0 Å². The van der Waals surface area contributed by atoms with Crippen molar-refractivity contribution >= 4 is 11.7 Å². The molecular formula is C17H19FN2O3. The van der Waals surface area contributed by atoms with Gasteiger partial charge in [0.1, 0.15) is 11.5 Å². The number of aromatic amines is 1. The van der Waals surface area contributed by atoms with Crippen molar-refractivity contribution in [2.45, 2.75) is 6.92 Å². The largest absolute Gasteiger partial charge is 0.461 e. The molecule has 1 N–H and O–H groups in total. The van der Waals surface area contributed by atoms with Crippen molar-refractivity contribution in [3.8, 4) is 11.1 Å². The normalized spacial score (nSPS) is 14.8. The fourth-order valence-corrected chi connectivity index (χ4v) is 2.74. The van der Waals surface area contributed by atoms with E-state index in [9.17, 15) is 9.18 Å². The molecule has 0 atom stereocenters. The molecule has 23 heavy (non-hydrogen) atoms. The topological polar surface area (TPSA) is 54.6 Å². The van der Waals surface area contributed by atoms with Crippen molar-refractivity contribution in [2.24, 2.45) is 0 Å². The summed E-state index contributed by atoms with van der Waals surface area (Å²) in [5, 5.41) is 0. The highest BCUT2D eigenvalue weighted by atomic mass is 19.1. The predicted molar refractivity (Wildman–Crippen MR) is 85.2 cm³/mol. The summed E-state index contributed by atoms with van der Waals surface area (Å²) < 4.78 is 23.7. The van der Waals surface area contributed by atoms with Gasteiger partial charge in [0.15, 0.2) is 0 Å². The van der Waals surface area contributed by atoms with E-state index in [1.807, 2.05) is 0 Å². The average molecular weight is 318 g/mol. The van der Waals surface area contributed by atoms with E-state index in [1.54, 1.807) is 25.3 Å². The lowest BCUT2D eigenvalue weighted by molar-refractivity contribution is 0.0520. The first-order chi connectivity index (χ1) is 11.2. The Labute approximate surface area is 134 Å². The Kier molecular flexibility index (Phi) is 4.62. The number of H-pyrrole nitrogens is 1. The van der Waals surface area contributed by atoms with E-state index in [0.29, 0.717) is 38.6 Å². The minimum absolute atomic E-state index is 0.289. The van der Waals surface area contributed by atoms with E-state index in [1.165, 1.54) is 12.1 Å². The number of nitrogens with one attached hydrogen (secondary N) is 1. The van der Waals surface area contributed by atoms with Crippen LogP contribution in [0.15, 0.2) is 30.5 Å². The van der Waals surface area contributed by atoms with Gasteiger partial charge in [0.2, 0.25) is 0 Å². The van der Waals surface area contributed by atoms with Gasteiger partial charge in [-0.05, 0) is 24.6 Å². The third-order valence-electron chi connectivity index (χ3n) is 3.81. The Morgan fingerprint density at radius 1 is 1.30 bits per heavy atom. The van der Waals surface area contributed by atoms with Gasteiger partial charge in [-0.1, -0.05) is 12.1 Å². The summed E-state index contributed by atoms with van der Waals surface area (Å²) in [7, 11) is 0. The summed E-state index contributed by atoms with van der Waals surface area (Å²) in [4.78, 5) is 17.4. The Hall–Kier alpha value is -2.34. The predicted octanol–water partition coefficient (Wildman–Crippen LogP) is 2.83. The van der Waals surface area contributed by atoms with Gasteiger partial charge in [-0.2, -0.15) is 0 Å². The third-order valence-corrected chi connectivity index (χ3v) is 3.81. The quantitative estimate of drug-likeness (QED) is 0.881. The first kappa shape index (κ1) is 15.6. The maximum atomic E-state index is 13.2. The highest BCUT2D eigenvalue weighted by molar-refractivity contribution is 5.99. The molecule has 2 heterocycles. The Morgan fingerprint density at radius 3 is 2.65 bits per heavy atom. The third kappa shape index (κ3) is 3.22. The van der Waals surface area contributed by atoms with Crippen LogP contribution in [-0.4, -0.2) is 43.9 Å². The number of esters is 1. The van der Waals surface area contributed by atoms with Crippen LogP contribution in [0, 0.1) is 5.82 Å². The summed E-state index contributed by atoms with van der Waals surface area (Å²) >= 11 is 0. The number of ether oxygens (including phenoxy) is 2. The maximum absolute atomic E-state index is 13.2. The van der Waals surface area contributed by atoms with E-state index in [-0.39, 0.29) is 11.8 Å². The van der Waals surface area contributed by atoms with Crippen LogP contribution >= 0.6 is 0 Å². The molecule has 5 nitrogen and oxygen atoms in total. The summed E-state index contributed by atoms with van der Waals surface area (Å²) in [5.74, 6) is -0.676. The van der Waals surface area contributed by atoms with Gasteiger partial charge < -0.3 is 19.4 Å². The van der Waals surface area contributed by atoms with Crippen molar-refractivity contribution in [1.82, 2.24) is 4.98 Å². The summed E-state index contributed by atoms with van der Waals surface area (Å²) in [6.45, 7) is 4.69. The monoisotopic (exact) mass is 318 g/mol. The lowest BCUT2D eigenvalue weighted by Crippen LogP contribution is -2.37. The number of benzene rings is 1. The van der Waals surface area contributed by atoms with E-state index in [4.69, 9.17) is 9.47 Å². The first-order valence-corrected chi connectivity index (χ1v) is 7.68. The number of carbonyl (C=O) groups is 1. The van der Waals surface area contributed by atoms with Crippen LogP contribution in [0.2, 0.25) is 0 Å². The number of nitrogens with zero attached hydrogens (tertiary/aromatic N) is 1. The first-order valence-electron chi connectivity index (χ1n) is 7.68. The summed E-state index contributed by atoms with van der Waals surface area (Å²) in [5.41, 5.74) is 2.92. The molecule has 2 aromatic rings. The summed E-state index contributed by atoms with van der Waals surface area (Å²) in [6.07, 6.45) is 1.77. The molecule has 1 saturated heterocycles. The molecule has 0 spiro atoms. The van der Waals surface area contributed by atoms with Crippen LogP contribution in [0.1, 0.15) is 17.4 Å². The fraction of sp³-hybridized carbons (Fsp3) is 0.353. The lowest BCUT2D eigenvalue weighted by Gasteiger charge is -2.30. The number of halogens is 1. The van der Waals surface area contributed by atoms with Crippen LogP contribution in [0.5, 0.6) is 0 Å². The van der Waals surface area contributed by atoms with Gasteiger partial charge in [-0.25, -0.2) is 9.18 Å². The number of hydrogen-bond acceptors (Lipinski definition) is 4. The van der Waals surface area contributed by atoms with E-state index in [0.717, 1.165) is 16.8 Å². The van der Waals surface area contributed by atoms with Crippen molar-refractivity contribution in [3.63, 3.8) is 0 Å². The van der Waals surface area contributed by atoms with Crippen LogP contribution < -0.4 is 4.90 Å². The van der Waals surface area contributed by atoms with Crippen LogP contribution in [0.25, 0.3) is 11.1 Å². The second kappa shape index (κ2) is 6.83. The van der Waals surface area contributed by atoms with Gasteiger partial charge in [0, 0.05) is 24.8 Å². The molecule has 0 unspecified atom stereocenters. The molecule has 0 aliphatic carbocycles. The number of rotatable bonds is 4. The molecule has 6 heteroatoms. The molecular weight excluding hydrogens is 299 g/mol. The molecule has 1 aromatic heterocycles. The smallest absolute Gasteiger partial charge is 0.356 e. The number of anilines is 1. The van der Waals surface area contributed by atoms with Gasteiger partial charge in [0.05, 0.1) is 25.5 Å². The highest BCUT2D eigenvalue weighted by Gasteiger charge is 2.25. The fourth-order valence-electron chi connectivity index (χ4n) is 2.74. The summed E-state index contributed by atoms with van der Waals surface area (Å²) in [6, 6.07) is 6.24. The Morgan fingerprint density at radius 2 is 2.00 bits per heavy atom. The number of morpholine rings is 1. The average Bonchev–Trinajstić information content (AvgIpc) is 3.01. The van der Waals surface area contributed by atoms with Crippen LogP contribution in [0.3, 0.4) is 0 Å². The van der Waals surface area contributed by atoms with Gasteiger partial charge >= 0.3 is 5.97 Å². The van der Waals surface area contributed by atoms with Gasteiger partial charge in [0.25, 0.3) is 0 Å². The number of aromatic nitrogens is 1. The zero-order chi connectivity index (χ0) is 16.2. The highest BCUT2D eigenvalue weighted by Crippen LogP contribution is 2.35. The van der Waals surface area contributed by atoms with Crippen molar-refractivity contribution in [1.29, 1.82) is 0 Å². The zero-order valence-corrected chi connectivity index (χ0v) is 13.0. The number of carbonyl (C=O) groups excluding carboxylic acids is 1. The molecule has 0 amide bonds. The van der Waals surface area contributed by atoms with Gasteiger partial charge in [-0.15, -0.1) is 0 Å². The Bertz CT molecular complexity index is 676. The molecule has 3 rings (SSSR count). The second-order valence-corrected chi connectivity index (χ2v) is 5.25. The Balaban J connectivity index is 2.04. The van der Waals surface area contributed by atoms with Crippen molar-refractivity contribution in [3.05, 3.63) is 42.0 Å².